The summed E-state index contributed by atoms with van der Waals surface area (Å²) in [6, 6.07) is 38.2. The van der Waals surface area contributed by atoms with Gasteiger partial charge in [0.25, 0.3) is 5.91 Å². The molecule has 2 aliphatic rings. The number of carbonyl (C=O) groups excluding carboxylic acids is 2. The van der Waals surface area contributed by atoms with Crippen LogP contribution in [0.2, 0.25) is 0 Å². The van der Waals surface area contributed by atoms with Gasteiger partial charge in [-0.1, -0.05) is 74.7 Å². The minimum absolute atomic E-state index is 0.0721. The van der Waals surface area contributed by atoms with Gasteiger partial charge >= 0.3 is 5.97 Å². The lowest BCUT2D eigenvalue weighted by Gasteiger charge is -2.23. The number of esters is 1. The van der Waals surface area contributed by atoms with Gasteiger partial charge in [0, 0.05) is 30.6 Å². The number of hydrogen-bond acceptors (Lipinski definition) is 7. The van der Waals surface area contributed by atoms with E-state index in [-0.39, 0.29) is 5.91 Å². The molecular formula is C46H47NO7. The number of ether oxygens (including phenoxy) is 5. The Bertz CT molecular complexity index is 1950. The maximum Gasteiger partial charge on any atom is 0.343 e. The fourth-order valence-electron chi connectivity index (χ4n) is 6.24. The second kappa shape index (κ2) is 18.1. The van der Waals surface area contributed by atoms with E-state index >= 15 is 0 Å². The molecule has 2 atom stereocenters. The summed E-state index contributed by atoms with van der Waals surface area (Å²) in [4.78, 5) is 28.8. The van der Waals surface area contributed by atoms with Gasteiger partial charge < -0.3 is 28.6 Å². The van der Waals surface area contributed by atoms with Crippen molar-refractivity contribution in [3.05, 3.63) is 132 Å². The molecule has 0 radical (unpaired) electrons. The van der Waals surface area contributed by atoms with Gasteiger partial charge in [0.1, 0.15) is 17.2 Å². The Labute approximate surface area is 317 Å². The maximum absolute atomic E-state index is 13.9. The highest BCUT2D eigenvalue weighted by molar-refractivity contribution is 6.06. The molecule has 2 aliphatic heterocycles. The molecule has 0 aliphatic carbocycles. The van der Waals surface area contributed by atoms with E-state index in [1.165, 1.54) is 0 Å². The maximum atomic E-state index is 13.9. The number of nitrogens with zero attached hydrogens (tertiary/aromatic N) is 1. The Morgan fingerprint density at radius 3 is 1.48 bits per heavy atom. The van der Waals surface area contributed by atoms with Crippen LogP contribution in [0.1, 0.15) is 66.2 Å². The standard InChI is InChI=1S/C46H47NO7/c1-2-3-4-5-28-47(45(48)37-10-6-33(7-11-37)35-14-20-40(21-15-35)50-29-26-43-31-52-43)39-18-24-42(25-19-39)54-46(49)38-12-8-34(9-13-38)36-16-22-41(23-17-36)51-30-27-44-32-53-44/h6-25,43-44H,2-5,26-32H2,1H3. The van der Waals surface area contributed by atoms with Crippen molar-refractivity contribution in [3.63, 3.8) is 0 Å². The Hall–Kier alpha value is -5.44. The quantitative estimate of drug-likeness (QED) is 0.0362. The Morgan fingerprint density at radius 2 is 1.02 bits per heavy atom. The van der Waals surface area contributed by atoms with Gasteiger partial charge in [0.15, 0.2) is 0 Å². The molecule has 2 saturated heterocycles. The molecular weight excluding hydrogens is 679 g/mol. The van der Waals surface area contributed by atoms with Gasteiger partial charge in [-0.25, -0.2) is 4.79 Å². The number of rotatable bonds is 19. The second-order valence-electron chi connectivity index (χ2n) is 13.8. The third kappa shape index (κ3) is 10.4. The van der Waals surface area contributed by atoms with Gasteiger partial charge in [-0.05, 0) is 101 Å². The molecule has 0 bridgehead atoms. The first-order valence-electron chi connectivity index (χ1n) is 19.1. The number of anilines is 1. The van der Waals surface area contributed by atoms with Gasteiger partial charge in [-0.3, -0.25) is 4.79 Å². The van der Waals surface area contributed by atoms with Crippen molar-refractivity contribution in [2.24, 2.45) is 0 Å². The monoisotopic (exact) mass is 725 g/mol. The van der Waals surface area contributed by atoms with Crippen LogP contribution >= 0.6 is 0 Å². The van der Waals surface area contributed by atoms with Gasteiger partial charge in [0.2, 0.25) is 0 Å². The van der Waals surface area contributed by atoms with E-state index in [4.69, 9.17) is 23.7 Å². The molecule has 54 heavy (non-hydrogen) atoms. The van der Waals surface area contributed by atoms with Crippen LogP contribution in [0.3, 0.4) is 0 Å². The summed E-state index contributed by atoms with van der Waals surface area (Å²) in [5.41, 5.74) is 5.90. The smallest absolute Gasteiger partial charge is 0.343 e. The van der Waals surface area contributed by atoms with Gasteiger partial charge in [-0.2, -0.15) is 0 Å². The van der Waals surface area contributed by atoms with E-state index in [0.717, 1.165) is 91.2 Å². The SMILES string of the molecule is CCCCCCN(C(=O)c1ccc(-c2ccc(OCCC3CO3)cc2)cc1)c1ccc(OC(=O)c2ccc(-c3ccc(OCCC4CO4)cc3)cc2)cc1. The molecule has 1 amide bonds. The number of hydrogen-bond donors (Lipinski definition) is 0. The zero-order valence-electron chi connectivity index (χ0n) is 30.8. The Morgan fingerprint density at radius 1 is 0.574 bits per heavy atom. The third-order valence-corrected chi connectivity index (χ3v) is 9.69. The fourth-order valence-corrected chi connectivity index (χ4v) is 6.24. The first-order chi connectivity index (χ1) is 26.5. The van der Waals surface area contributed by atoms with Crippen LogP contribution < -0.4 is 19.1 Å². The van der Waals surface area contributed by atoms with Crippen LogP contribution in [-0.4, -0.2) is 57.1 Å². The number of benzene rings is 5. The van der Waals surface area contributed by atoms with Crippen molar-refractivity contribution in [3.8, 4) is 39.5 Å². The summed E-state index contributed by atoms with van der Waals surface area (Å²) in [6.07, 6.45) is 6.67. The number of unbranched alkanes of at least 4 members (excludes halogenated alkanes) is 3. The molecule has 2 unspecified atom stereocenters. The first-order valence-corrected chi connectivity index (χ1v) is 19.1. The molecule has 2 fully saturated rings. The van der Waals surface area contributed by atoms with E-state index in [9.17, 15) is 9.59 Å². The normalized spacial score (nSPS) is 15.6. The predicted molar refractivity (Wildman–Crippen MR) is 211 cm³/mol. The molecule has 0 N–H and O–H groups in total. The number of amides is 1. The van der Waals surface area contributed by atoms with Gasteiger partial charge in [0.05, 0.1) is 44.2 Å². The van der Waals surface area contributed by atoms with Crippen LogP contribution in [-0.2, 0) is 9.47 Å². The molecule has 7 rings (SSSR count). The van der Waals surface area contributed by atoms with Crippen LogP contribution in [0.5, 0.6) is 17.2 Å². The van der Waals surface area contributed by atoms with Crippen molar-refractivity contribution >= 4 is 17.6 Å². The Balaban J connectivity index is 0.955. The minimum atomic E-state index is -0.448. The van der Waals surface area contributed by atoms with Crippen molar-refractivity contribution in [2.75, 3.05) is 37.9 Å². The van der Waals surface area contributed by atoms with Crippen molar-refractivity contribution in [2.45, 2.75) is 57.7 Å². The lowest BCUT2D eigenvalue weighted by Crippen LogP contribution is -2.32. The van der Waals surface area contributed by atoms with E-state index in [1.807, 2.05) is 102 Å². The zero-order valence-corrected chi connectivity index (χ0v) is 30.8. The number of carbonyl (C=O) groups is 2. The lowest BCUT2D eigenvalue weighted by atomic mass is 10.0. The fraction of sp³-hybridized carbons (Fsp3) is 0.304. The summed E-state index contributed by atoms with van der Waals surface area (Å²) in [5, 5.41) is 0. The van der Waals surface area contributed by atoms with E-state index in [0.29, 0.717) is 48.8 Å². The van der Waals surface area contributed by atoms with Crippen LogP contribution in [0.15, 0.2) is 121 Å². The van der Waals surface area contributed by atoms with Crippen molar-refractivity contribution in [1.29, 1.82) is 0 Å². The van der Waals surface area contributed by atoms with Gasteiger partial charge in [-0.15, -0.1) is 0 Å². The highest BCUT2D eigenvalue weighted by Crippen LogP contribution is 2.28. The predicted octanol–water partition coefficient (Wildman–Crippen LogP) is 9.80. The summed E-state index contributed by atoms with van der Waals surface area (Å²) in [5.74, 6) is 1.55. The summed E-state index contributed by atoms with van der Waals surface area (Å²) in [6.45, 7) is 5.71. The van der Waals surface area contributed by atoms with Crippen LogP contribution in [0, 0.1) is 0 Å². The molecule has 8 heteroatoms. The zero-order chi connectivity index (χ0) is 37.1. The summed E-state index contributed by atoms with van der Waals surface area (Å²) >= 11 is 0. The third-order valence-electron chi connectivity index (χ3n) is 9.69. The van der Waals surface area contributed by atoms with E-state index in [1.54, 1.807) is 24.3 Å². The van der Waals surface area contributed by atoms with Crippen molar-refractivity contribution in [1.82, 2.24) is 0 Å². The summed E-state index contributed by atoms with van der Waals surface area (Å²) in [7, 11) is 0. The van der Waals surface area contributed by atoms with E-state index in [2.05, 4.69) is 6.92 Å². The number of epoxide rings is 2. The molecule has 2 heterocycles. The average Bonchev–Trinajstić information content (AvgIpc) is 4.17. The molecule has 0 aromatic heterocycles. The highest BCUT2D eigenvalue weighted by atomic mass is 16.6. The topological polar surface area (TPSA) is 90.1 Å². The van der Waals surface area contributed by atoms with Crippen molar-refractivity contribution < 1.29 is 33.3 Å². The van der Waals surface area contributed by atoms with Crippen LogP contribution in [0.25, 0.3) is 22.3 Å². The molecule has 278 valence electrons. The molecule has 0 spiro atoms. The molecule has 8 nitrogen and oxygen atoms in total. The van der Waals surface area contributed by atoms with Crippen LogP contribution in [0.4, 0.5) is 5.69 Å². The molecule has 5 aromatic carbocycles. The Kier molecular flexibility index (Phi) is 12.3. The minimum Gasteiger partial charge on any atom is -0.493 e. The molecule has 5 aromatic rings. The van der Waals surface area contributed by atoms with E-state index < -0.39 is 5.97 Å². The second-order valence-corrected chi connectivity index (χ2v) is 13.8. The largest absolute Gasteiger partial charge is 0.493 e. The average molecular weight is 726 g/mol. The highest BCUT2D eigenvalue weighted by Gasteiger charge is 2.23. The lowest BCUT2D eigenvalue weighted by molar-refractivity contribution is 0.0734. The summed E-state index contributed by atoms with van der Waals surface area (Å²) < 4.78 is 27.8. The molecule has 0 saturated carbocycles. The first kappa shape index (κ1) is 36.9.